The molecule has 152 valence electrons. The number of anilines is 2. The molecule has 0 aliphatic carbocycles. The van der Waals surface area contributed by atoms with Crippen molar-refractivity contribution in [1.82, 2.24) is 0 Å². The summed E-state index contributed by atoms with van der Waals surface area (Å²) in [5, 5.41) is 3.16. The Morgan fingerprint density at radius 3 is 2.60 bits per heavy atom. The zero-order valence-electron chi connectivity index (χ0n) is 16.7. The Kier molecular flexibility index (Phi) is 5.84. The zero-order chi connectivity index (χ0) is 21.3. The molecule has 4 nitrogen and oxygen atoms in total. The van der Waals surface area contributed by atoms with Crippen molar-refractivity contribution < 1.29 is 9.59 Å². The number of aryl methyl sites for hydroxylation is 2. The molecule has 1 heterocycles. The van der Waals surface area contributed by atoms with Crippen molar-refractivity contribution in [2.45, 2.75) is 19.2 Å². The van der Waals surface area contributed by atoms with Crippen LogP contribution >= 0.6 is 23.4 Å². The van der Waals surface area contributed by atoms with Crippen LogP contribution in [0.2, 0.25) is 5.02 Å². The van der Waals surface area contributed by atoms with E-state index in [1.807, 2.05) is 61.2 Å². The Bertz CT molecular complexity index is 1130. The average Bonchev–Trinajstić information content (AvgIpc) is 3.11. The molecule has 6 heteroatoms. The number of hydrogen-bond acceptors (Lipinski definition) is 3. The summed E-state index contributed by atoms with van der Waals surface area (Å²) >= 11 is 7.75. The fraction of sp³-hybridized carbons (Fsp3) is 0.167. The third kappa shape index (κ3) is 3.95. The van der Waals surface area contributed by atoms with E-state index in [4.69, 9.17) is 11.6 Å². The van der Waals surface area contributed by atoms with Crippen molar-refractivity contribution in [2.75, 3.05) is 16.0 Å². The first kappa shape index (κ1) is 20.5. The maximum Gasteiger partial charge on any atom is 0.257 e. The minimum absolute atomic E-state index is 0.0610. The highest BCUT2D eigenvalue weighted by molar-refractivity contribution is 8.00. The van der Waals surface area contributed by atoms with Gasteiger partial charge in [0.15, 0.2) is 0 Å². The number of nitrogens with one attached hydrogen (secondary N) is 1. The van der Waals surface area contributed by atoms with Crippen LogP contribution < -0.4 is 10.2 Å². The van der Waals surface area contributed by atoms with E-state index in [9.17, 15) is 9.59 Å². The molecule has 1 aliphatic heterocycles. The predicted octanol–water partition coefficient (Wildman–Crippen LogP) is 5.99. The van der Waals surface area contributed by atoms with Gasteiger partial charge in [-0.1, -0.05) is 54.1 Å². The second-order valence-electron chi connectivity index (χ2n) is 7.24. The molecular weight excluding hydrogens is 416 g/mol. The maximum absolute atomic E-state index is 12.8. The van der Waals surface area contributed by atoms with E-state index in [1.54, 1.807) is 36.0 Å². The zero-order valence-corrected chi connectivity index (χ0v) is 18.3. The predicted molar refractivity (Wildman–Crippen MR) is 124 cm³/mol. The van der Waals surface area contributed by atoms with Gasteiger partial charge in [-0.25, -0.2) is 0 Å². The van der Waals surface area contributed by atoms with Crippen LogP contribution in [0.3, 0.4) is 0 Å². The first-order chi connectivity index (χ1) is 14.5. The highest BCUT2D eigenvalue weighted by Crippen LogP contribution is 2.45. The van der Waals surface area contributed by atoms with E-state index in [1.165, 1.54) is 0 Å². The average molecular weight is 437 g/mol. The Labute approximate surface area is 185 Å². The monoisotopic (exact) mass is 436 g/mol. The van der Waals surface area contributed by atoms with Crippen LogP contribution in [0.5, 0.6) is 0 Å². The lowest BCUT2D eigenvalue weighted by Gasteiger charge is -2.27. The topological polar surface area (TPSA) is 49.4 Å². The maximum atomic E-state index is 12.8. The minimum atomic E-state index is -0.277. The van der Waals surface area contributed by atoms with Gasteiger partial charge in [-0.3, -0.25) is 14.5 Å². The Hall–Kier alpha value is -2.76. The van der Waals surface area contributed by atoms with E-state index in [0.29, 0.717) is 22.0 Å². The largest absolute Gasteiger partial charge is 0.322 e. The molecule has 1 atom stereocenters. The number of nitrogens with zero attached hydrogens (tertiary/aromatic N) is 1. The summed E-state index contributed by atoms with van der Waals surface area (Å²) in [6, 6.07) is 20.7. The summed E-state index contributed by atoms with van der Waals surface area (Å²) in [6.07, 6.45) is 0. The number of amides is 2. The van der Waals surface area contributed by atoms with Gasteiger partial charge in [0.25, 0.3) is 5.91 Å². The van der Waals surface area contributed by atoms with Gasteiger partial charge in [0.1, 0.15) is 5.37 Å². The number of hydrogen-bond donors (Lipinski definition) is 1. The van der Waals surface area contributed by atoms with Gasteiger partial charge in [0, 0.05) is 16.9 Å². The summed E-state index contributed by atoms with van der Waals surface area (Å²) in [5.41, 5.74) is 5.01. The molecule has 30 heavy (non-hydrogen) atoms. The Morgan fingerprint density at radius 1 is 1.07 bits per heavy atom. The lowest BCUT2D eigenvalue weighted by atomic mass is 10.1. The molecule has 0 spiro atoms. The summed E-state index contributed by atoms with van der Waals surface area (Å²) in [4.78, 5) is 27.5. The number of rotatable bonds is 4. The van der Waals surface area contributed by atoms with Crippen LogP contribution in [-0.4, -0.2) is 17.6 Å². The quantitative estimate of drug-likeness (QED) is 0.546. The number of carbonyl (C=O) groups excluding carboxylic acids is 2. The van der Waals surface area contributed by atoms with Crippen molar-refractivity contribution in [1.29, 1.82) is 0 Å². The van der Waals surface area contributed by atoms with Gasteiger partial charge < -0.3 is 5.32 Å². The molecule has 0 aromatic heterocycles. The van der Waals surface area contributed by atoms with Crippen LogP contribution in [0, 0.1) is 13.8 Å². The molecule has 1 unspecified atom stereocenters. The van der Waals surface area contributed by atoms with Crippen molar-refractivity contribution >= 4 is 46.6 Å². The van der Waals surface area contributed by atoms with Gasteiger partial charge in [0.05, 0.1) is 16.3 Å². The van der Waals surface area contributed by atoms with Crippen molar-refractivity contribution in [3.05, 3.63) is 94.0 Å². The standard InChI is InChI=1S/C24H21ClN2O2S/c1-15-11-12-16(2)21(13-15)27-22(28)14-30-24(27)18-8-4-6-10-20(18)26-23(29)17-7-3-5-9-19(17)25/h3-13,24H,14H2,1-2H3,(H,26,29). The highest BCUT2D eigenvalue weighted by atomic mass is 35.5. The van der Waals surface area contributed by atoms with Crippen molar-refractivity contribution in [3.8, 4) is 0 Å². The third-order valence-corrected chi connectivity index (χ3v) is 6.61. The molecule has 0 radical (unpaired) electrons. The van der Waals surface area contributed by atoms with Gasteiger partial charge in [-0.15, -0.1) is 11.8 Å². The van der Waals surface area contributed by atoms with Crippen LogP contribution in [0.4, 0.5) is 11.4 Å². The summed E-state index contributed by atoms with van der Waals surface area (Å²) in [5.74, 6) is 0.178. The normalized spacial score (nSPS) is 16.0. The van der Waals surface area contributed by atoms with Crippen LogP contribution in [0.25, 0.3) is 0 Å². The SMILES string of the molecule is Cc1ccc(C)c(N2C(=O)CSC2c2ccccc2NC(=O)c2ccccc2Cl)c1. The first-order valence-electron chi connectivity index (χ1n) is 9.61. The molecule has 1 fully saturated rings. The molecule has 2 amide bonds. The molecule has 0 saturated carbocycles. The summed E-state index contributed by atoms with van der Waals surface area (Å²) in [6.45, 7) is 4.02. The minimum Gasteiger partial charge on any atom is -0.322 e. The first-order valence-corrected chi connectivity index (χ1v) is 11.0. The van der Waals surface area contributed by atoms with E-state index in [2.05, 4.69) is 5.32 Å². The van der Waals surface area contributed by atoms with Gasteiger partial charge in [-0.2, -0.15) is 0 Å². The van der Waals surface area contributed by atoms with E-state index in [0.717, 1.165) is 22.4 Å². The van der Waals surface area contributed by atoms with Gasteiger partial charge in [0.2, 0.25) is 5.91 Å². The number of thioether (sulfide) groups is 1. The molecule has 1 N–H and O–H groups in total. The molecule has 3 aromatic rings. The lowest BCUT2D eigenvalue weighted by Crippen LogP contribution is -2.29. The van der Waals surface area contributed by atoms with E-state index < -0.39 is 0 Å². The number of halogens is 1. The molecule has 1 saturated heterocycles. The Balaban J connectivity index is 1.71. The van der Waals surface area contributed by atoms with Crippen molar-refractivity contribution in [2.24, 2.45) is 0 Å². The smallest absolute Gasteiger partial charge is 0.257 e. The number of para-hydroxylation sites is 1. The van der Waals surface area contributed by atoms with Crippen molar-refractivity contribution in [3.63, 3.8) is 0 Å². The molecule has 3 aromatic carbocycles. The van der Waals surface area contributed by atoms with E-state index in [-0.39, 0.29) is 17.2 Å². The summed E-state index contributed by atoms with van der Waals surface area (Å²) < 4.78 is 0. The molecular formula is C24H21ClN2O2S. The second kappa shape index (κ2) is 8.54. The molecule has 4 rings (SSSR count). The summed E-state index contributed by atoms with van der Waals surface area (Å²) in [7, 11) is 0. The van der Waals surface area contributed by atoms with Crippen LogP contribution in [0.1, 0.15) is 32.4 Å². The fourth-order valence-corrected chi connectivity index (χ4v) is 4.98. The number of carbonyl (C=O) groups is 2. The Morgan fingerprint density at radius 2 is 1.80 bits per heavy atom. The number of benzene rings is 3. The third-order valence-electron chi connectivity index (χ3n) is 5.09. The van der Waals surface area contributed by atoms with Crippen LogP contribution in [0.15, 0.2) is 66.7 Å². The van der Waals surface area contributed by atoms with E-state index >= 15 is 0 Å². The lowest BCUT2D eigenvalue weighted by molar-refractivity contribution is -0.115. The fourth-order valence-electron chi connectivity index (χ4n) is 3.55. The second-order valence-corrected chi connectivity index (χ2v) is 8.71. The highest BCUT2D eigenvalue weighted by Gasteiger charge is 2.36. The van der Waals surface area contributed by atoms with Crippen LogP contribution in [-0.2, 0) is 4.79 Å². The van der Waals surface area contributed by atoms with Gasteiger partial charge in [-0.05, 0) is 49.2 Å². The molecule has 1 aliphatic rings. The molecule has 0 bridgehead atoms. The van der Waals surface area contributed by atoms with Gasteiger partial charge >= 0.3 is 0 Å².